The van der Waals surface area contributed by atoms with E-state index in [1.165, 1.54) is 11.1 Å². The normalized spacial score (nSPS) is 12.8. The third kappa shape index (κ3) is 2.69. The van der Waals surface area contributed by atoms with Crippen LogP contribution in [0, 0.1) is 18.3 Å². The predicted molar refractivity (Wildman–Crippen MR) is 63.9 cm³/mol. The average molecular weight is 232 g/mol. The summed E-state index contributed by atoms with van der Waals surface area (Å²) in [4.78, 5) is 2.13. The molecule has 1 aliphatic rings. The second kappa shape index (κ2) is 5.07. The number of aryl methyl sites for hydroxylation is 1. The first-order valence-corrected chi connectivity index (χ1v) is 5.65. The highest BCUT2D eigenvalue weighted by molar-refractivity contribution is 5.48. The van der Waals surface area contributed by atoms with E-state index in [2.05, 4.69) is 17.9 Å². The number of fused-ring (bicyclic) bond motifs is 1. The maximum Gasteiger partial charge on any atom is 0.231 e. The van der Waals surface area contributed by atoms with Crippen LogP contribution in [0.5, 0.6) is 11.5 Å². The van der Waals surface area contributed by atoms with Crippen molar-refractivity contribution in [3.05, 3.63) is 23.3 Å². The molecule has 1 heterocycles. The summed E-state index contributed by atoms with van der Waals surface area (Å²) in [6.45, 7) is 3.98. The van der Waals surface area contributed by atoms with E-state index in [0.29, 0.717) is 13.2 Å². The van der Waals surface area contributed by atoms with Crippen molar-refractivity contribution in [3.63, 3.8) is 0 Å². The van der Waals surface area contributed by atoms with E-state index in [0.717, 1.165) is 24.6 Å². The smallest absolute Gasteiger partial charge is 0.231 e. The molecule has 0 saturated carbocycles. The van der Waals surface area contributed by atoms with Crippen molar-refractivity contribution in [2.45, 2.75) is 19.9 Å². The molecular weight excluding hydrogens is 216 g/mol. The molecule has 4 heteroatoms. The van der Waals surface area contributed by atoms with Crippen LogP contribution >= 0.6 is 0 Å². The summed E-state index contributed by atoms with van der Waals surface area (Å²) < 4.78 is 10.7. The SMILES string of the molecule is Cc1cc2c(cc1CN(C)CCC#N)OCO2. The lowest BCUT2D eigenvalue weighted by Crippen LogP contribution is -2.19. The molecule has 2 rings (SSSR count). The number of hydrogen-bond acceptors (Lipinski definition) is 4. The zero-order valence-corrected chi connectivity index (χ0v) is 10.2. The zero-order valence-electron chi connectivity index (χ0n) is 10.2. The molecule has 1 aromatic carbocycles. The molecule has 90 valence electrons. The lowest BCUT2D eigenvalue weighted by atomic mass is 10.1. The maximum absolute atomic E-state index is 8.55. The first-order valence-electron chi connectivity index (χ1n) is 5.65. The molecule has 0 bridgehead atoms. The topological polar surface area (TPSA) is 45.5 Å². The number of nitrogens with zero attached hydrogens (tertiary/aromatic N) is 2. The molecule has 1 aromatic rings. The summed E-state index contributed by atoms with van der Waals surface area (Å²) in [5.41, 5.74) is 2.41. The van der Waals surface area contributed by atoms with Gasteiger partial charge >= 0.3 is 0 Å². The Labute approximate surface area is 101 Å². The highest BCUT2D eigenvalue weighted by atomic mass is 16.7. The van der Waals surface area contributed by atoms with E-state index in [1.54, 1.807) is 0 Å². The van der Waals surface area contributed by atoms with Crippen LogP contribution < -0.4 is 9.47 Å². The number of ether oxygens (including phenoxy) is 2. The highest BCUT2D eigenvalue weighted by Crippen LogP contribution is 2.34. The first-order chi connectivity index (χ1) is 8.20. The molecule has 17 heavy (non-hydrogen) atoms. The number of nitriles is 1. The van der Waals surface area contributed by atoms with Crippen LogP contribution in [-0.2, 0) is 6.54 Å². The largest absolute Gasteiger partial charge is 0.454 e. The molecule has 0 fully saturated rings. The Hall–Kier alpha value is -1.73. The summed E-state index contributed by atoms with van der Waals surface area (Å²) in [6.07, 6.45) is 0.556. The summed E-state index contributed by atoms with van der Waals surface area (Å²) in [5, 5.41) is 8.55. The number of hydrogen-bond donors (Lipinski definition) is 0. The van der Waals surface area contributed by atoms with Crippen LogP contribution in [0.1, 0.15) is 17.5 Å². The van der Waals surface area contributed by atoms with Gasteiger partial charge in [-0.15, -0.1) is 0 Å². The van der Waals surface area contributed by atoms with Crippen molar-refractivity contribution in [2.24, 2.45) is 0 Å². The van der Waals surface area contributed by atoms with E-state index in [4.69, 9.17) is 14.7 Å². The fourth-order valence-electron chi connectivity index (χ4n) is 1.87. The Balaban J connectivity index is 2.08. The third-order valence-electron chi connectivity index (χ3n) is 2.88. The molecule has 0 spiro atoms. The highest BCUT2D eigenvalue weighted by Gasteiger charge is 2.16. The lowest BCUT2D eigenvalue weighted by molar-refractivity contribution is 0.174. The van der Waals surface area contributed by atoms with E-state index in [-0.39, 0.29) is 0 Å². The molecule has 4 nitrogen and oxygen atoms in total. The van der Waals surface area contributed by atoms with Gasteiger partial charge in [0.25, 0.3) is 0 Å². The molecule has 0 aromatic heterocycles. The standard InChI is InChI=1S/C13H16N2O2/c1-10-6-12-13(17-9-16-12)7-11(10)8-15(2)5-3-4-14/h6-7H,3,5,8-9H2,1-2H3. The van der Waals surface area contributed by atoms with Gasteiger partial charge in [0.05, 0.1) is 6.07 Å². The molecule has 0 radical (unpaired) electrons. The van der Waals surface area contributed by atoms with Crippen LogP contribution in [0.15, 0.2) is 12.1 Å². The van der Waals surface area contributed by atoms with Gasteiger partial charge in [0.1, 0.15) is 0 Å². The van der Waals surface area contributed by atoms with Crippen molar-refractivity contribution in [1.82, 2.24) is 4.90 Å². The van der Waals surface area contributed by atoms with E-state index >= 15 is 0 Å². The van der Waals surface area contributed by atoms with Crippen molar-refractivity contribution in [2.75, 3.05) is 20.4 Å². The Morgan fingerprint density at radius 2 is 2.06 bits per heavy atom. The average Bonchev–Trinajstić information content (AvgIpc) is 2.74. The summed E-state index contributed by atoms with van der Waals surface area (Å²) in [5.74, 6) is 1.64. The van der Waals surface area contributed by atoms with Crippen LogP contribution in [0.4, 0.5) is 0 Å². The monoisotopic (exact) mass is 232 g/mol. The van der Waals surface area contributed by atoms with Gasteiger partial charge in [-0.05, 0) is 37.2 Å². The number of rotatable bonds is 4. The summed E-state index contributed by atoms with van der Waals surface area (Å²) >= 11 is 0. The lowest BCUT2D eigenvalue weighted by Gasteiger charge is -2.16. The molecule has 0 aliphatic carbocycles. The van der Waals surface area contributed by atoms with Gasteiger partial charge in [0.15, 0.2) is 11.5 Å². The molecule has 0 saturated heterocycles. The van der Waals surface area contributed by atoms with Crippen LogP contribution in [0.3, 0.4) is 0 Å². The van der Waals surface area contributed by atoms with E-state index in [1.807, 2.05) is 19.2 Å². The van der Waals surface area contributed by atoms with Gasteiger partial charge in [-0.1, -0.05) is 0 Å². The molecule has 0 amide bonds. The van der Waals surface area contributed by atoms with Crippen molar-refractivity contribution in [3.8, 4) is 17.6 Å². The van der Waals surface area contributed by atoms with Gasteiger partial charge < -0.3 is 14.4 Å². The molecule has 0 N–H and O–H groups in total. The number of benzene rings is 1. The maximum atomic E-state index is 8.55. The van der Waals surface area contributed by atoms with Crippen LogP contribution in [0.2, 0.25) is 0 Å². The van der Waals surface area contributed by atoms with Gasteiger partial charge in [-0.25, -0.2) is 0 Å². The minimum absolute atomic E-state index is 0.308. The van der Waals surface area contributed by atoms with Crippen molar-refractivity contribution >= 4 is 0 Å². The van der Waals surface area contributed by atoms with Gasteiger partial charge in [-0.3, -0.25) is 0 Å². The minimum Gasteiger partial charge on any atom is -0.454 e. The second-order valence-corrected chi connectivity index (χ2v) is 4.28. The zero-order chi connectivity index (χ0) is 12.3. The van der Waals surface area contributed by atoms with Crippen molar-refractivity contribution in [1.29, 1.82) is 5.26 Å². The van der Waals surface area contributed by atoms with Gasteiger partial charge in [0, 0.05) is 19.5 Å². The molecule has 0 unspecified atom stereocenters. The van der Waals surface area contributed by atoms with E-state index < -0.39 is 0 Å². The quantitative estimate of drug-likeness (QED) is 0.797. The first kappa shape index (κ1) is 11.7. The Kier molecular flexibility index (Phi) is 3.50. The Morgan fingerprint density at radius 1 is 1.35 bits per heavy atom. The van der Waals surface area contributed by atoms with Crippen LogP contribution in [0.25, 0.3) is 0 Å². The Bertz CT molecular complexity index is 451. The molecule has 1 aliphatic heterocycles. The Morgan fingerprint density at radius 3 is 2.76 bits per heavy atom. The predicted octanol–water partition coefficient (Wildman–Crippen LogP) is 2.07. The summed E-state index contributed by atoms with van der Waals surface area (Å²) in [6, 6.07) is 6.19. The van der Waals surface area contributed by atoms with Gasteiger partial charge in [-0.2, -0.15) is 5.26 Å². The second-order valence-electron chi connectivity index (χ2n) is 4.28. The van der Waals surface area contributed by atoms with Gasteiger partial charge in [0.2, 0.25) is 6.79 Å². The fourth-order valence-corrected chi connectivity index (χ4v) is 1.87. The molecular formula is C13H16N2O2. The summed E-state index contributed by atoms with van der Waals surface area (Å²) in [7, 11) is 2.02. The van der Waals surface area contributed by atoms with Crippen LogP contribution in [-0.4, -0.2) is 25.3 Å². The third-order valence-corrected chi connectivity index (χ3v) is 2.88. The molecule has 0 atom stereocenters. The fraction of sp³-hybridized carbons (Fsp3) is 0.462. The minimum atomic E-state index is 0.308. The van der Waals surface area contributed by atoms with Crippen molar-refractivity contribution < 1.29 is 9.47 Å². The van der Waals surface area contributed by atoms with E-state index in [9.17, 15) is 0 Å².